The Morgan fingerprint density at radius 3 is 2.96 bits per heavy atom. The van der Waals surface area contributed by atoms with Gasteiger partial charge in [0.2, 0.25) is 0 Å². The molecule has 6 heteroatoms. The zero-order chi connectivity index (χ0) is 19.2. The minimum Gasteiger partial charge on any atom is -0.493 e. The van der Waals surface area contributed by atoms with E-state index in [0.717, 1.165) is 43.0 Å². The van der Waals surface area contributed by atoms with Crippen molar-refractivity contribution in [2.45, 2.75) is 63.4 Å². The maximum Gasteiger partial charge on any atom is 0.303 e. The van der Waals surface area contributed by atoms with Gasteiger partial charge in [0, 0.05) is 30.5 Å². The summed E-state index contributed by atoms with van der Waals surface area (Å²) in [6.45, 7) is 6.06. The fraction of sp³-hybridized carbons (Fsp3) is 0.667. The van der Waals surface area contributed by atoms with Crippen LogP contribution in [0.1, 0.15) is 51.2 Å². The maximum atomic E-state index is 10.8. The van der Waals surface area contributed by atoms with Gasteiger partial charge in [0.05, 0.1) is 19.3 Å². The molecule has 2 saturated heterocycles. The monoisotopic (exact) mass is 375 g/mol. The van der Waals surface area contributed by atoms with Crippen molar-refractivity contribution in [2.75, 3.05) is 20.2 Å². The van der Waals surface area contributed by atoms with Gasteiger partial charge in [-0.1, -0.05) is 12.1 Å². The predicted octanol–water partition coefficient (Wildman–Crippen LogP) is 3.25. The largest absolute Gasteiger partial charge is 0.493 e. The Morgan fingerprint density at radius 1 is 1.41 bits per heavy atom. The zero-order valence-electron chi connectivity index (χ0n) is 16.3. The highest BCUT2D eigenvalue weighted by molar-refractivity contribution is 5.66. The summed E-state index contributed by atoms with van der Waals surface area (Å²) in [5.41, 5.74) is 0.730. The van der Waals surface area contributed by atoms with E-state index >= 15 is 0 Å². The van der Waals surface area contributed by atoms with Crippen LogP contribution in [-0.2, 0) is 9.53 Å². The van der Waals surface area contributed by atoms with Crippen LogP contribution in [0.25, 0.3) is 0 Å². The normalized spacial score (nSPS) is 31.4. The number of carboxylic acids is 1. The molecule has 4 atom stereocenters. The van der Waals surface area contributed by atoms with E-state index in [1.165, 1.54) is 0 Å². The molecule has 3 aliphatic rings. The molecule has 0 aliphatic carbocycles. The average molecular weight is 375 g/mol. The second-order valence-electron chi connectivity index (χ2n) is 8.41. The first-order valence-electron chi connectivity index (χ1n) is 9.88. The smallest absolute Gasteiger partial charge is 0.303 e. The quantitative estimate of drug-likeness (QED) is 0.852. The molecule has 0 amide bonds. The highest BCUT2D eigenvalue weighted by Gasteiger charge is 2.53. The summed E-state index contributed by atoms with van der Waals surface area (Å²) in [6.07, 6.45) is 3.13. The van der Waals surface area contributed by atoms with Gasteiger partial charge < -0.3 is 19.3 Å². The summed E-state index contributed by atoms with van der Waals surface area (Å²) in [4.78, 5) is 13.2. The van der Waals surface area contributed by atoms with Crippen molar-refractivity contribution < 1.29 is 24.1 Å². The molecule has 3 aliphatic heterocycles. The Hall–Kier alpha value is -1.79. The lowest BCUT2D eigenvalue weighted by Crippen LogP contribution is -2.54. The number of rotatable bonds is 5. The molecule has 0 bridgehead atoms. The van der Waals surface area contributed by atoms with Crippen LogP contribution < -0.4 is 9.47 Å². The standard InChI is InChI=1S/C21H29NO5/c1-21(2)14-12-15-16(9-11-22(15)10-5-8-18(23)24)26-19(14)13-6-4-7-17(25-3)20(13)27-21/h4,6-7,14-16,19H,5,8-12H2,1-3H3,(H,23,24)/t14-,15+,16-,19+/m1/s1. The third-order valence-electron chi connectivity index (χ3n) is 6.41. The van der Waals surface area contributed by atoms with Crippen LogP contribution in [0.15, 0.2) is 18.2 Å². The lowest BCUT2D eigenvalue weighted by Gasteiger charge is -2.51. The molecule has 1 N–H and O–H groups in total. The number of carbonyl (C=O) groups is 1. The SMILES string of the molecule is COc1cccc2c1OC(C)(C)[C@@H]1C[C@H]3[C@@H](CCN3CCCC(=O)O)O[C@@H]21. The van der Waals surface area contributed by atoms with Crippen LogP contribution in [0.2, 0.25) is 0 Å². The van der Waals surface area contributed by atoms with Gasteiger partial charge >= 0.3 is 5.97 Å². The first-order chi connectivity index (χ1) is 12.9. The first kappa shape index (κ1) is 18.6. The Bertz CT molecular complexity index is 719. The molecule has 0 spiro atoms. The van der Waals surface area contributed by atoms with Crippen molar-refractivity contribution in [3.05, 3.63) is 23.8 Å². The number of nitrogens with zero attached hydrogens (tertiary/aromatic N) is 1. The van der Waals surface area contributed by atoms with E-state index in [9.17, 15) is 4.79 Å². The molecule has 0 aromatic heterocycles. The zero-order valence-corrected chi connectivity index (χ0v) is 16.3. The Labute approximate surface area is 160 Å². The third-order valence-corrected chi connectivity index (χ3v) is 6.41. The van der Waals surface area contributed by atoms with Crippen LogP contribution in [0.3, 0.4) is 0 Å². The molecule has 2 fully saturated rings. The van der Waals surface area contributed by atoms with E-state index in [1.54, 1.807) is 7.11 Å². The molecular formula is C21H29NO5. The summed E-state index contributed by atoms with van der Waals surface area (Å²) in [5.74, 6) is 1.09. The number of benzene rings is 1. The number of fused-ring (bicyclic) bond motifs is 4. The first-order valence-corrected chi connectivity index (χ1v) is 9.88. The third kappa shape index (κ3) is 3.29. The molecule has 1 aromatic carbocycles. The van der Waals surface area contributed by atoms with Crippen LogP contribution in [0, 0.1) is 5.92 Å². The second kappa shape index (κ2) is 6.99. The van der Waals surface area contributed by atoms with Crippen molar-refractivity contribution >= 4 is 5.97 Å². The van der Waals surface area contributed by atoms with Crippen LogP contribution in [0.4, 0.5) is 0 Å². The molecule has 148 valence electrons. The van der Waals surface area contributed by atoms with E-state index in [-0.39, 0.29) is 30.1 Å². The van der Waals surface area contributed by atoms with Crippen molar-refractivity contribution in [3.63, 3.8) is 0 Å². The lowest BCUT2D eigenvalue weighted by atomic mass is 9.74. The molecule has 3 heterocycles. The highest BCUT2D eigenvalue weighted by atomic mass is 16.5. The van der Waals surface area contributed by atoms with Gasteiger partial charge in [-0.3, -0.25) is 9.69 Å². The summed E-state index contributed by atoms with van der Waals surface area (Å²) >= 11 is 0. The molecule has 4 rings (SSSR count). The number of hydrogen-bond acceptors (Lipinski definition) is 5. The molecule has 0 saturated carbocycles. The van der Waals surface area contributed by atoms with E-state index < -0.39 is 5.97 Å². The van der Waals surface area contributed by atoms with Crippen molar-refractivity contribution in [3.8, 4) is 11.5 Å². The van der Waals surface area contributed by atoms with Crippen LogP contribution in [0.5, 0.6) is 11.5 Å². The average Bonchev–Trinajstić information content (AvgIpc) is 3.02. The number of carboxylic acid groups (broad SMARTS) is 1. The van der Waals surface area contributed by atoms with Crippen LogP contribution >= 0.6 is 0 Å². The molecule has 1 aromatic rings. The lowest BCUT2D eigenvalue weighted by molar-refractivity contribution is -0.162. The molecule has 27 heavy (non-hydrogen) atoms. The minimum absolute atomic E-state index is 0.0130. The molecule has 6 nitrogen and oxygen atoms in total. The van der Waals surface area contributed by atoms with Crippen molar-refractivity contribution in [2.24, 2.45) is 5.92 Å². The number of para-hydroxylation sites is 1. The van der Waals surface area contributed by atoms with E-state index in [4.69, 9.17) is 19.3 Å². The van der Waals surface area contributed by atoms with Gasteiger partial charge in [-0.2, -0.15) is 0 Å². The fourth-order valence-electron chi connectivity index (χ4n) is 5.03. The maximum absolute atomic E-state index is 10.8. The molecule has 0 radical (unpaired) electrons. The number of hydrogen-bond donors (Lipinski definition) is 1. The summed E-state index contributed by atoms with van der Waals surface area (Å²) < 4.78 is 18.6. The Kier molecular flexibility index (Phi) is 4.80. The van der Waals surface area contributed by atoms with Gasteiger partial charge in [0.25, 0.3) is 0 Å². The summed E-state index contributed by atoms with van der Waals surface area (Å²) in [5, 5.41) is 8.91. The van der Waals surface area contributed by atoms with Gasteiger partial charge in [-0.05, 0) is 45.7 Å². The molecular weight excluding hydrogens is 346 g/mol. The topological polar surface area (TPSA) is 68.2 Å². The van der Waals surface area contributed by atoms with Gasteiger partial charge in [-0.25, -0.2) is 0 Å². The highest BCUT2D eigenvalue weighted by Crippen LogP contribution is 2.54. The number of methoxy groups -OCH3 is 1. The Balaban J connectivity index is 1.56. The minimum atomic E-state index is -0.724. The van der Waals surface area contributed by atoms with E-state index in [2.05, 4.69) is 24.8 Å². The van der Waals surface area contributed by atoms with Gasteiger partial charge in [0.1, 0.15) is 5.60 Å². The van der Waals surface area contributed by atoms with Crippen molar-refractivity contribution in [1.82, 2.24) is 4.90 Å². The number of aliphatic carboxylic acids is 1. The van der Waals surface area contributed by atoms with Crippen molar-refractivity contribution in [1.29, 1.82) is 0 Å². The Morgan fingerprint density at radius 2 is 2.22 bits per heavy atom. The number of ether oxygens (including phenoxy) is 3. The van der Waals surface area contributed by atoms with E-state index in [1.807, 2.05) is 12.1 Å². The summed E-state index contributed by atoms with van der Waals surface area (Å²) in [7, 11) is 1.67. The predicted molar refractivity (Wildman–Crippen MR) is 100 cm³/mol. The van der Waals surface area contributed by atoms with E-state index in [0.29, 0.717) is 12.5 Å². The number of likely N-dealkylation sites (tertiary alicyclic amines) is 1. The fourth-order valence-corrected chi connectivity index (χ4v) is 5.03. The second-order valence-corrected chi connectivity index (χ2v) is 8.41. The van der Waals surface area contributed by atoms with Gasteiger partial charge in [-0.15, -0.1) is 0 Å². The van der Waals surface area contributed by atoms with Gasteiger partial charge in [0.15, 0.2) is 11.5 Å². The van der Waals surface area contributed by atoms with Crippen LogP contribution in [-0.4, -0.2) is 53.9 Å². The summed E-state index contributed by atoms with van der Waals surface area (Å²) in [6, 6.07) is 6.36. The molecule has 0 unspecified atom stereocenters.